The van der Waals surface area contributed by atoms with Crippen molar-refractivity contribution in [1.29, 1.82) is 0 Å². The Bertz CT molecular complexity index is 570. The molecule has 86 valence electrons. The molecule has 0 aliphatic rings. The van der Waals surface area contributed by atoms with Gasteiger partial charge in [0.2, 0.25) is 0 Å². The lowest BCUT2D eigenvalue weighted by atomic mass is 9.85. The fourth-order valence-electron chi connectivity index (χ4n) is 1.88. The van der Waals surface area contributed by atoms with Gasteiger partial charge in [-0.3, -0.25) is 4.98 Å². The minimum Gasteiger partial charge on any atom is -0.408 e. The molecule has 0 saturated heterocycles. The molecule has 0 radical (unpaired) electrons. The van der Waals surface area contributed by atoms with Crippen molar-refractivity contribution in [1.82, 2.24) is 4.98 Å². The number of hydrogen-bond acceptors (Lipinski definition) is 2. The fraction of sp³-hybridized carbons (Fsp3) is 0.462. The lowest BCUT2D eigenvalue weighted by Crippen LogP contribution is -2.12. The average molecular weight is 219 g/mol. The molecular weight excluding hydrogens is 202 g/mol. The minimum atomic E-state index is -0.381. The molecule has 1 aromatic carbocycles. The molecule has 1 heterocycles. The third-order valence-electron chi connectivity index (χ3n) is 2.80. The van der Waals surface area contributed by atoms with Crippen LogP contribution in [0.1, 0.15) is 38.8 Å². The molecule has 0 spiro atoms. The van der Waals surface area contributed by atoms with Crippen LogP contribution in [0, 0.1) is 0 Å². The van der Waals surface area contributed by atoms with E-state index in [0.717, 1.165) is 17.5 Å². The molecule has 0 fully saturated rings. The molecule has 0 aliphatic carbocycles. The standard InChI is InChI=1S/C13H17NO2/c1-5-8-6-9(13(2,3)4)11-10(7-8)14-12(15)16-11/h6-7H,5H2,1-4H3,(H,14,15). The quantitative estimate of drug-likeness (QED) is 0.801. The van der Waals surface area contributed by atoms with Gasteiger partial charge in [-0.15, -0.1) is 0 Å². The fourth-order valence-corrected chi connectivity index (χ4v) is 1.88. The molecular formula is C13H17NO2. The number of hydrogen-bond donors (Lipinski definition) is 1. The third kappa shape index (κ3) is 1.77. The average Bonchev–Trinajstić information content (AvgIpc) is 2.54. The van der Waals surface area contributed by atoms with E-state index in [-0.39, 0.29) is 11.2 Å². The molecule has 0 aliphatic heterocycles. The van der Waals surface area contributed by atoms with Crippen LogP contribution in [0.5, 0.6) is 0 Å². The van der Waals surface area contributed by atoms with Crippen molar-refractivity contribution in [3.05, 3.63) is 33.8 Å². The first-order valence-electron chi connectivity index (χ1n) is 5.58. The zero-order valence-corrected chi connectivity index (χ0v) is 10.2. The molecule has 3 heteroatoms. The molecule has 3 nitrogen and oxygen atoms in total. The van der Waals surface area contributed by atoms with Gasteiger partial charge in [0, 0.05) is 5.56 Å². The maximum atomic E-state index is 11.2. The van der Waals surface area contributed by atoms with E-state index in [0.29, 0.717) is 5.58 Å². The second-order valence-corrected chi connectivity index (χ2v) is 5.14. The Morgan fingerprint density at radius 1 is 1.31 bits per heavy atom. The Morgan fingerprint density at radius 2 is 2.00 bits per heavy atom. The van der Waals surface area contributed by atoms with Crippen LogP contribution in [0.3, 0.4) is 0 Å². The predicted octanol–water partition coefficient (Wildman–Crippen LogP) is 2.98. The SMILES string of the molecule is CCc1cc(C(C)(C)C)c2oc(=O)[nH]c2c1. The van der Waals surface area contributed by atoms with E-state index in [1.807, 2.05) is 6.07 Å². The minimum absolute atomic E-state index is 0.0262. The predicted molar refractivity (Wildman–Crippen MR) is 64.9 cm³/mol. The van der Waals surface area contributed by atoms with Gasteiger partial charge in [0.05, 0.1) is 5.52 Å². The number of nitrogens with one attached hydrogen (secondary N) is 1. The van der Waals surface area contributed by atoms with E-state index in [9.17, 15) is 4.79 Å². The van der Waals surface area contributed by atoms with Crippen LogP contribution in [-0.4, -0.2) is 4.98 Å². The highest BCUT2D eigenvalue weighted by Gasteiger charge is 2.20. The Labute approximate surface area is 94.5 Å². The van der Waals surface area contributed by atoms with Crippen LogP contribution >= 0.6 is 0 Å². The highest BCUT2D eigenvalue weighted by molar-refractivity contribution is 5.78. The number of rotatable bonds is 1. The van der Waals surface area contributed by atoms with Crippen LogP contribution in [0.25, 0.3) is 11.1 Å². The van der Waals surface area contributed by atoms with Crippen LogP contribution in [0.2, 0.25) is 0 Å². The number of aromatic amines is 1. The van der Waals surface area contributed by atoms with Gasteiger partial charge in [0.1, 0.15) is 0 Å². The van der Waals surface area contributed by atoms with Gasteiger partial charge >= 0.3 is 5.76 Å². The maximum Gasteiger partial charge on any atom is 0.417 e. The normalized spacial score (nSPS) is 12.2. The zero-order chi connectivity index (χ0) is 11.9. The molecule has 2 aromatic rings. The molecule has 1 N–H and O–H groups in total. The van der Waals surface area contributed by atoms with Gasteiger partial charge in [0.15, 0.2) is 5.58 Å². The van der Waals surface area contributed by atoms with Crippen molar-refractivity contribution in [3.63, 3.8) is 0 Å². The summed E-state index contributed by atoms with van der Waals surface area (Å²) in [5.41, 5.74) is 3.76. The molecule has 0 saturated carbocycles. The van der Waals surface area contributed by atoms with E-state index in [1.54, 1.807) is 0 Å². The van der Waals surface area contributed by atoms with Gasteiger partial charge in [0.25, 0.3) is 0 Å². The molecule has 0 unspecified atom stereocenters. The lowest BCUT2D eigenvalue weighted by molar-refractivity contribution is 0.528. The summed E-state index contributed by atoms with van der Waals surface area (Å²) < 4.78 is 5.21. The molecule has 16 heavy (non-hydrogen) atoms. The van der Waals surface area contributed by atoms with Crippen molar-refractivity contribution in [3.8, 4) is 0 Å². The van der Waals surface area contributed by atoms with E-state index < -0.39 is 0 Å². The topological polar surface area (TPSA) is 46.0 Å². The number of H-pyrrole nitrogens is 1. The maximum absolute atomic E-state index is 11.2. The second-order valence-electron chi connectivity index (χ2n) is 5.14. The van der Waals surface area contributed by atoms with E-state index in [1.165, 1.54) is 5.56 Å². The van der Waals surface area contributed by atoms with Crippen molar-refractivity contribution in [2.75, 3.05) is 0 Å². The van der Waals surface area contributed by atoms with Crippen molar-refractivity contribution in [2.24, 2.45) is 0 Å². The van der Waals surface area contributed by atoms with E-state index >= 15 is 0 Å². The van der Waals surface area contributed by atoms with E-state index in [4.69, 9.17) is 4.42 Å². The summed E-state index contributed by atoms with van der Waals surface area (Å²) in [5.74, 6) is -0.381. The molecule has 0 bridgehead atoms. The second kappa shape index (κ2) is 3.51. The summed E-state index contributed by atoms with van der Waals surface area (Å²) in [6.45, 7) is 8.46. The molecule has 2 rings (SSSR count). The number of aryl methyl sites for hydroxylation is 1. The van der Waals surface area contributed by atoms with Gasteiger partial charge in [-0.25, -0.2) is 4.79 Å². The summed E-state index contributed by atoms with van der Waals surface area (Å²) in [7, 11) is 0. The Morgan fingerprint density at radius 3 is 2.56 bits per heavy atom. The number of oxazole rings is 1. The molecule has 0 amide bonds. The molecule has 0 atom stereocenters. The summed E-state index contributed by atoms with van der Waals surface area (Å²) in [4.78, 5) is 14.0. The highest BCUT2D eigenvalue weighted by atomic mass is 16.4. The summed E-state index contributed by atoms with van der Waals surface area (Å²) in [6.07, 6.45) is 0.951. The summed E-state index contributed by atoms with van der Waals surface area (Å²) in [5, 5.41) is 0. The summed E-state index contributed by atoms with van der Waals surface area (Å²) in [6, 6.07) is 4.11. The first-order chi connectivity index (χ1) is 7.41. The van der Waals surface area contributed by atoms with Gasteiger partial charge in [-0.05, 0) is 23.5 Å². The monoisotopic (exact) mass is 219 g/mol. The van der Waals surface area contributed by atoms with Crippen LogP contribution < -0.4 is 5.76 Å². The first-order valence-corrected chi connectivity index (χ1v) is 5.58. The smallest absolute Gasteiger partial charge is 0.408 e. The van der Waals surface area contributed by atoms with Crippen LogP contribution in [0.4, 0.5) is 0 Å². The number of benzene rings is 1. The van der Waals surface area contributed by atoms with Gasteiger partial charge in [-0.2, -0.15) is 0 Å². The Hall–Kier alpha value is -1.51. The Kier molecular flexibility index (Phi) is 2.41. The van der Waals surface area contributed by atoms with Crippen molar-refractivity contribution < 1.29 is 4.42 Å². The van der Waals surface area contributed by atoms with Crippen LogP contribution in [-0.2, 0) is 11.8 Å². The first kappa shape index (κ1) is 11.0. The summed E-state index contributed by atoms with van der Waals surface area (Å²) >= 11 is 0. The zero-order valence-electron chi connectivity index (χ0n) is 10.2. The van der Waals surface area contributed by atoms with Crippen LogP contribution in [0.15, 0.2) is 21.3 Å². The Balaban J connectivity index is 2.83. The van der Waals surface area contributed by atoms with Crippen molar-refractivity contribution >= 4 is 11.1 Å². The molecule has 1 aromatic heterocycles. The number of fused-ring (bicyclic) bond motifs is 1. The van der Waals surface area contributed by atoms with E-state index in [2.05, 4.69) is 38.7 Å². The lowest BCUT2D eigenvalue weighted by Gasteiger charge is -2.19. The van der Waals surface area contributed by atoms with Gasteiger partial charge in [-0.1, -0.05) is 33.8 Å². The third-order valence-corrected chi connectivity index (χ3v) is 2.80. The largest absolute Gasteiger partial charge is 0.417 e. The highest BCUT2D eigenvalue weighted by Crippen LogP contribution is 2.30. The number of aromatic nitrogens is 1. The van der Waals surface area contributed by atoms with Crippen molar-refractivity contribution in [2.45, 2.75) is 39.5 Å². The van der Waals surface area contributed by atoms with Gasteiger partial charge < -0.3 is 4.42 Å².